The minimum Gasteiger partial charge on any atom is -0.497 e. The summed E-state index contributed by atoms with van der Waals surface area (Å²) >= 11 is 5.99. The van der Waals surface area contributed by atoms with Crippen molar-refractivity contribution in [3.05, 3.63) is 59.1 Å². The van der Waals surface area contributed by atoms with Gasteiger partial charge in [-0.15, -0.1) is 0 Å². The van der Waals surface area contributed by atoms with E-state index < -0.39 is 16.1 Å². The molecular formula is C25H34ClN3O5S. The molecule has 2 amide bonds. The molecule has 35 heavy (non-hydrogen) atoms. The van der Waals surface area contributed by atoms with Crippen molar-refractivity contribution >= 4 is 39.1 Å². The average molecular weight is 524 g/mol. The van der Waals surface area contributed by atoms with Gasteiger partial charge in [-0.2, -0.15) is 0 Å². The molecule has 192 valence electrons. The molecule has 0 aliphatic rings. The Hall–Kier alpha value is -2.78. The maximum Gasteiger partial charge on any atom is 0.242 e. The van der Waals surface area contributed by atoms with Crippen molar-refractivity contribution in [2.75, 3.05) is 30.8 Å². The molecule has 0 radical (unpaired) electrons. The highest BCUT2D eigenvalue weighted by molar-refractivity contribution is 7.92. The van der Waals surface area contributed by atoms with Crippen LogP contribution in [0.25, 0.3) is 0 Å². The van der Waals surface area contributed by atoms with E-state index in [9.17, 15) is 18.0 Å². The summed E-state index contributed by atoms with van der Waals surface area (Å²) in [6.07, 6.45) is 1.97. The number of halogens is 1. The van der Waals surface area contributed by atoms with Crippen molar-refractivity contribution in [3.8, 4) is 5.75 Å². The van der Waals surface area contributed by atoms with Crippen LogP contribution >= 0.6 is 11.6 Å². The van der Waals surface area contributed by atoms with Crippen LogP contribution in [0.3, 0.4) is 0 Å². The van der Waals surface area contributed by atoms with Crippen LogP contribution in [-0.4, -0.2) is 57.6 Å². The topological polar surface area (TPSA) is 96.0 Å². The van der Waals surface area contributed by atoms with Crippen LogP contribution < -0.4 is 14.4 Å². The first-order valence-corrected chi connectivity index (χ1v) is 13.8. The largest absolute Gasteiger partial charge is 0.497 e. The number of nitrogens with zero attached hydrogens (tertiary/aromatic N) is 2. The third-order valence-corrected chi connectivity index (χ3v) is 6.96. The molecule has 0 aliphatic heterocycles. The maximum absolute atomic E-state index is 13.3. The highest BCUT2D eigenvalue weighted by Crippen LogP contribution is 2.22. The molecule has 2 rings (SSSR count). The molecule has 0 bridgehead atoms. The lowest BCUT2D eigenvalue weighted by atomic mass is 10.1. The first kappa shape index (κ1) is 28.5. The Balaban J connectivity index is 2.18. The molecule has 2 aromatic rings. The number of methoxy groups -OCH3 is 1. The van der Waals surface area contributed by atoms with Crippen molar-refractivity contribution in [1.29, 1.82) is 0 Å². The number of ether oxygens (including phenoxy) is 1. The second-order valence-electron chi connectivity index (χ2n) is 8.10. The fraction of sp³-hybridized carbons (Fsp3) is 0.440. The lowest BCUT2D eigenvalue weighted by molar-refractivity contribution is -0.141. The van der Waals surface area contributed by atoms with E-state index in [0.717, 1.165) is 11.8 Å². The fourth-order valence-electron chi connectivity index (χ4n) is 3.75. The fourth-order valence-corrected chi connectivity index (χ4v) is 4.84. The van der Waals surface area contributed by atoms with Crippen LogP contribution in [0, 0.1) is 0 Å². The molecule has 0 saturated heterocycles. The summed E-state index contributed by atoms with van der Waals surface area (Å²) in [5.41, 5.74) is 1.34. The number of anilines is 1. The van der Waals surface area contributed by atoms with E-state index in [1.807, 2.05) is 26.0 Å². The molecule has 0 saturated carbocycles. The zero-order valence-corrected chi connectivity index (χ0v) is 22.2. The molecule has 1 atom stereocenters. The van der Waals surface area contributed by atoms with E-state index >= 15 is 0 Å². The molecule has 0 fully saturated rings. The van der Waals surface area contributed by atoms with Crippen LogP contribution in [-0.2, 0) is 26.2 Å². The molecular weight excluding hydrogens is 490 g/mol. The molecule has 2 aromatic carbocycles. The van der Waals surface area contributed by atoms with Gasteiger partial charge in [-0.3, -0.25) is 13.9 Å². The van der Waals surface area contributed by atoms with Gasteiger partial charge in [0.05, 0.1) is 19.1 Å². The van der Waals surface area contributed by atoms with Gasteiger partial charge in [0, 0.05) is 31.1 Å². The Morgan fingerprint density at radius 3 is 2.20 bits per heavy atom. The number of carbonyl (C=O) groups excluding carboxylic acids is 2. The minimum absolute atomic E-state index is 0.0890. The quantitative estimate of drug-likeness (QED) is 0.430. The van der Waals surface area contributed by atoms with Crippen molar-refractivity contribution in [2.24, 2.45) is 0 Å². The minimum atomic E-state index is -3.56. The van der Waals surface area contributed by atoms with Crippen LogP contribution in [0.5, 0.6) is 5.75 Å². The summed E-state index contributed by atoms with van der Waals surface area (Å²) in [7, 11) is -2.02. The standard InChI is InChI=1S/C25H34ClN3O5S/c1-5-23(25(31)27-6-2)28(18-19-9-11-20(26)12-10-19)24(30)8-7-17-29(35(4,32)33)21-13-15-22(34-3)16-14-21/h9-16,23H,5-8,17-18H2,1-4H3,(H,27,31)/t23-/m0/s1. The molecule has 0 unspecified atom stereocenters. The Kier molecular flexibility index (Phi) is 10.9. The van der Waals surface area contributed by atoms with Crippen molar-refractivity contribution in [3.63, 3.8) is 0 Å². The molecule has 0 aromatic heterocycles. The maximum atomic E-state index is 13.3. The number of amides is 2. The van der Waals surface area contributed by atoms with E-state index in [1.54, 1.807) is 41.3 Å². The van der Waals surface area contributed by atoms with Gasteiger partial charge >= 0.3 is 0 Å². The van der Waals surface area contributed by atoms with Gasteiger partial charge in [0.25, 0.3) is 0 Å². The number of rotatable bonds is 13. The zero-order valence-electron chi connectivity index (χ0n) is 20.7. The van der Waals surface area contributed by atoms with Gasteiger partial charge in [-0.25, -0.2) is 8.42 Å². The second kappa shape index (κ2) is 13.3. The Morgan fingerprint density at radius 2 is 1.69 bits per heavy atom. The Morgan fingerprint density at radius 1 is 1.06 bits per heavy atom. The number of nitrogens with one attached hydrogen (secondary N) is 1. The molecule has 0 aliphatic carbocycles. The highest BCUT2D eigenvalue weighted by Gasteiger charge is 2.28. The molecule has 0 heterocycles. The normalized spacial score (nSPS) is 12.0. The lowest BCUT2D eigenvalue weighted by Crippen LogP contribution is -2.49. The third kappa shape index (κ3) is 8.43. The van der Waals surface area contributed by atoms with Gasteiger partial charge in [-0.1, -0.05) is 30.7 Å². The predicted molar refractivity (Wildman–Crippen MR) is 139 cm³/mol. The van der Waals surface area contributed by atoms with E-state index in [-0.39, 0.29) is 31.3 Å². The average Bonchev–Trinajstić information content (AvgIpc) is 2.82. The molecule has 10 heteroatoms. The van der Waals surface area contributed by atoms with E-state index in [4.69, 9.17) is 16.3 Å². The molecule has 8 nitrogen and oxygen atoms in total. The second-order valence-corrected chi connectivity index (χ2v) is 10.4. The van der Waals surface area contributed by atoms with E-state index in [0.29, 0.717) is 35.8 Å². The summed E-state index contributed by atoms with van der Waals surface area (Å²) in [5.74, 6) is 0.181. The smallest absolute Gasteiger partial charge is 0.242 e. The van der Waals surface area contributed by atoms with Gasteiger partial charge in [0.1, 0.15) is 11.8 Å². The first-order chi connectivity index (χ1) is 16.6. The monoisotopic (exact) mass is 523 g/mol. The SMILES string of the molecule is CCNC(=O)[C@H](CC)N(Cc1ccc(Cl)cc1)C(=O)CCCN(c1ccc(OC)cc1)S(C)(=O)=O. The highest BCUT2D eigenvalue weighted by atomic mass is 35.5. The number of benzene rings is 2. The van der Waals surface area contributed by atoms with Crippen LogP contribution in [0.4, 0.5) is 5.69 Å². The molecule has 0 spiro atoms. The van der Waals surface area contributed by atoms with Gasteiger partial charge in [-0.05, 0) is 61.7 Å². The summed E-state index contributed by atoms with van der Waals surface area (Å²) < 4.78 is 31.2. The van der Waals surface area contributed by atoms with E-state index in [2.05, 4.69) is 5.32 Å². The van der Waals surface area contributed by atoms with Crippen LogP contribution in [0.15, 0.2) is 48.5 Å². The van der Waals surface area contributed by atoms with E-state index in [1.165, 1.54) is 11.4 Å². The molecule has 1 N–H and O–H groups in total. The van der Waals surface area contributed by atoms with Crippen molar-refractivity contribution in [1.82, 2.24) is 10.2 Å². The van der Waals surface area contributed by atoms with Gasteiger partial charge in [0.15, 0.2) is 0 Å². The number of likely N-dealkylation sites (N-methyl/N-ethyl adjacent to an activating group) is 1. The Labute approximate surface area is 213 Å². The number of hydrogen-bond donors (Lipinski definition) is 1. The van der Waals surface area contributed by atoms with Crippen molar-refractivity contribution < 1.29 is 22.7 Å². The zero-order chi connectivity index (χ0) is 26.0. The lowest BCUT2D eigenvalue weighted by Gasteiger charge is -2.31. The number of carbonyl (C=O) groups is 2. The Bertz CT molecular complexity index is 1080. The number of hydrogen-bond acceptors (Lipinski definition) is 5. The number of sulfonamides is 1. The summed E-state index contributed by atoms with van der Waals surface area (Å²) in [4.78, 5) is 27.6. The van der Waals surface area contributed by atoms with Crippen LogP contribution in [0.1, 0.15) is 38.7 Å². The van der Waals surface area contributed by atoms with Gasteiger partial charge in [0.2, 0.25) is 21.8 Å². The summed E-state index contributed by atoms with van der Waals surface area (Å²) in [5, 5.41) is 3.39. The summed E-state index contributed by atoms with van der Waals surface area (Å²) in [6.45, 7) is 4.53. The van der Waals surface area contributed by atoms with Crippen molar-refractivity contribution in [2.45, 2.75) is 45.7 Å². The third-order valence-electron chi connectivity index (χ3n) is 5.52. The first-order valence-electron chi connectivity index (χ1n) is 11.5. The summed E-state index contributed by atoms with van der Waals surface area (Å²) in [6, 6.07) is 13.2. The van der Waals surface area contributed by atoms with Crippen LogP contribution in [0.2, 0.25) is 5.02 Å². The predicted octanol–water partition coefficient (Wildman–Crippen LogP) is 3.84. The van der Waals surface area contributed by atoms with Gasteiger partial charge < -0.3 is 15.0 Å².